The molecule has 0 saturated heterocycles. The van der Waals surface area contributed by atoms with Gasteiger partial charge in [0.2, 0.25) is 0 Å². The third kappa shape index (κ3) is 71.7. The Morgan fingerprint density at radius 2 is 0.557 bits per heavy atom. The van der Waals surface area contributed by atoms with Gasteiger partial charge in [0.1, 0.15) is 19.3 Å². The summed E-state index contributed by atoms with van der Waals surface area (Å²) in [4.78, 5) is 72.8. The van der Waals surface area contributed by atoms with Crippen molar-refractivity contribution in [2.45, 2.75) is 394 Å². The molecule has 2 unspecified atom stereocenters. The second-order valence-corrected chi connectivity index (χ2v) is 31.7. The van der Waals surface area contributed by atoms with E-state index in [1.807, 2.05) is 0 Å². The van der Waals surface area contributed by atoms with E-state index in [1.165, 1.54) is 161 Å². The number of hydrogen-bond acceptors (Lipinski definition) is 15. The summed E-state index contributed by atoms with van der Waals surface area (Å²) < 4.78 is 68.5. The zero-order valence-electron chi connectivity index (χ0n) is 63.0. The lowest BCUT2D eigenvalue weighted by Crippen LogP contribution is -2.30. The largest absolute Gasteiger partial charge is 0.472 e. The molecule has 3 N–H and O–H groups in total. The van der Waals surface area contributed by atoms with Crippen LogP contribution in [0.4, 0.5) is 0 Å². The van der Waals surface area contributed by atoms with E-state index in [2.05, 4.69) is 72.8 Å². The standard InChI is InChI=1S/C78H148O17P2/c1-8-9-10-11-12-13-14-15-16-22-27-32-37-45-52-59-75(80)88-65-73(94-77(82)61-54-47-38-33-28-23-18-17-20-25-30-35-42-49-56-69(2)3)67-92-96(84,85)90-63-72(79)64-91-97(86,87)93-68-74(66-89-76(81)60-53-46-41-40-44-51-58-71(6)7)95-78(83)62-55-48-39-34-29-24-19-21-26-31-36-43-50-57-70(4)5/h13-16,69-74,79H,8-12,17-68H2,1-7H3,(H,84,85)(H,86,87)/b14-13-,16-15-/t72-,73-,74-/m1/s1. The van der Waals surface area contributed by atoms with Crippen LogP contribution >= 0.6 is 15.6 Å². The van der Waals surface area contributed by atoms with Gasteiger partial charge in [0.15, 0.2) is 12.2 Å². The molecular formula is C78H148O17P2. The molecule has 5 atom stereocenters. The van der Waals surface area contributed by atoms with E-state index < -0.39 is 97.5 Å². The molecule has 0 aromatic rings. The molecule has 0 amide bonds. The van der Waals surface area contributed by atoms with Gasteiger partial charge in [-0.1, -0.05) is 323 Å². The first-order valence-corrected chi connectivity index (χ1v) is 42.7. The Kier molecular flexibility index (Phi) is 66.3. The summed E-state index contributed by atoms with van der Waals surface area (Å²) in [7, 11) is -9.93. The highest BCUT2D eigenvalue weighted by atomic mass is 31.2. The first-order valence-electron chi connectivity index (χ1n) is 39.7. The number of hydrogen-bond donors (Lipinski definition) is 3. The van der Waals surface area contributed by atoms with Gasteiger partial charge in [0.25, 0.3) is 0 Å². The number of phosphoric ester groups is 2. The second-order valence-electron chi connectivity index (χ2n) is 28.8. The van der Waals surface area contributed by atoms with Crippen LogP contribution in [-0.2, 0) is 65.4 Å². The van der Waals surface area contributed by atoms with E-state index in [1.54, 1.807) is 0 Å². The minimum atomic E-state index is -4.97. The number of ether oxygens (including phenoxy) is 4. The molecule has 97 heavy (non-hydrogen) atoms. The van der Waals surface area contributed by atoms with Gasteiger partial charge < -0.3 is 33.8 Å². The molecule has 0 bridgehead atoms. The van der Waals surface area contributed by atoms with Crippen molar-refractivity contribution in [1.29, 1.82) is 0 Å². The molecule has 0 radical (unpaired) electrons. The average molecular weight is 1420 g/mol. The van der Waals surface area contributed by atoms with E-state index >= 15 is 0 Å². The molecule has 0 saturated carbocycles. The maximum Gasteiger partial charge on any atom is 0.472 e. The molecule has 0 rings (SSSR count). The Morgan fingerprint density at radius 1 is 0.320 bits per heavy atom. The van der Waals surface area contributed by atoms with Gasteiger partial charge in [-0.3, -0.25) is 37.3 Å². The van der Waals surface area contributed by atoms with E-state index in [4.69, 9.17) is 37.0 Å². The molecule has 0 fully saturated rings. The van der Waals surface area contributed by atoms with Crippen molar-refractivity contribution in [3.8, 4) is 0 Å². The lowest BCUT2D eigenvalue weighted by Gasteiger charge is -2.21. The van der Waals surface area contributed by atoms with Crippen molar-refractivity contribution in [3.05, 3.63) is 24.3 Å². The molecule has 0 spiro atoms. The molecule has 572 valence electrons. The number of carbonyl (C=O) groups is 4. The lowest BCUT2D eigenvalue weighted by atomic mass is 10.0. The maximum atomic E-state index is 13.1. The van der Waals surface area contributed by atoms with Crippen LogP contribution in [0.25, 0.3) is 0 Å². The van der Waals surface area contributed by atoms with Gasteiger partial charge in [-0.05, 0) is 69.1 Å². The van der Waals surface area contributed by atoms with Crippen LogP contribution in [0, 0.1) is 17.8 Å². The Balaban J connectivity index is 5.27. The Labute approximate surface area is 592 Å². The molecule has 0 heterocycles. The third-order valence-corrected chi connectivity index (χ3v) is 19.4. The summed E-state index contributed by atoms with van der Waals surface area (Å²) in [6, 6.07) is 0. The summed E-state index contributed by atoms with van der Waals surface area (Å²) in [6.45, 7) is 11.8. The first kappa shape index (κ1) is 94.5. The summed E-state index contributed by atoms with van der Waals surface area (Å²) in [5.41, 5.74) is 0. The molecule has 0 aromatic heterocycles. The Morgan fingerprint density at radius 3 is 0.835 bits per heavy atom. The van der Waals surface area contributed by atoms with Crippen molar-refractivity contribution in [2.24, 2.45) is 17.8 Å². The molecule has 0 aliphatic heterocycles. The molecular weight excluding hydrogens is 1270 g/mol. The number of aliphatic hydroxyl groups is 1. The smallest absolute Gasteiger partial charge is 0.462 e. The third-order valence-electron chi connectivity index (χ3n) is 17.5. The number of aliphatic hydroxyl groups excluding tert-OH is 1. The van der Waals surface area contributed by atoms with E-state index in [-0.39, 0.29) is 25.7 Å². The van der Waals surface area contributed by atoms with Gasteiger partial charge >= 0.3 is 39.5 Å². The highest BCUT2D eigenvalue weighted by molar-refractivity contribution is 7.47. The van der Waals surface area contributed by atoms with E-state index in [0.717, 1.165) is 127 Å². The van der Waals surface area contributed by atoms with Crippen LogP contribution in [0.5, 0.6) is 0 Å². The van der Waals surface area contributed by atoms with Gasteiger partial charge in [0, 0.05) is 25.7 Å². The van der Waals surface area contributed by atoms with Crippen molar-refractivity contribution < 1.29 is 80.2 Å². The van der Waals surface area contributed by atoms with Gasteiger partial charge in [-0.25, -0.2) is 9.13 Å². The average Bonchev–Trinajstić information content (AvgIpc) is 1.14. The molecule has 19 heteroatoms. The van der Waals surface area contributed by atoms with Gasteiger partial charge in [-0.15, -0.1) is 0 Å². The van der Waals surface area contributed by atoms with Crippen LogP contribution in [0.15, 0.2) is 24.3 Å². The molecule has 0 aliphatic rings. The fourth-order valence-corrected chi connectivity index (χ4v) is 13.0. The van der Waals surface area contributed by atoms with Crippen molar-refractivity contribution in [1.82, 2.24) is 0 Å². The molecule has 0 aliphatic carbocycles. The number of rotatable bonds is 74. The minimum absolute atomic E-state index is 0.100. The Hall–Kier alpha value is -2.46. The zero-order valence-corrected chi connectivity index (χ0v) is 64.8. The fraction of sp³-hybridized carbons (Fsp3) is 0.897. The summed E-state index contributed by atoms with van der Waals surface area (Å²) in [5.74, 6) is 0.109. The topological polar surface area (TPSA) is 237 Å². The van der Waals surface area contributed by atoms with E-state index in [0.29, 0.717) is 31.6 Å². The second kappa shape index (κ2) is 68.0. The Bertz CT molecular complexity index is 1980. The number of carbonyl (C=O) groups excluding carboxylic acids is 4. The number of unbranched alkanes of at least 4 members (excludes halogenated alkanes) is 39. The highest BCUT2D eigenvalue weighted by Crippen LogP contribution is 2.45. The maximum absolute atomic E-state index is 13.1. The van der Waals surface area contributed by atoms with Crippen LogP contribution in [0.3, 0.4) is 0 Å². The zero-order chi connectivity index (χ0) is 71.6. The van der Waals surface area contributed by atoms with Crippen LogP contribution in [0.1, 0.15) is 376 Å². The van der Waals surface area contributed by atoms with Gasteiger partial charge in [-0.2, -0.15) is 0 Å². The number of phosphoric acid groups is 2. The normalized spacial score (nSPS) is 14.2. The van der Waals surface area contributed by atoms with Crippen LogP contribution in [-0.4, -0.2) is 96.7 Å². The van der Waals surface area contributed by atoms with Crippen molar-refractivity contribution >= 4 is 39.5 Å². The number of esters is 4. The summed E-state index contributed by atoms with van der Waals surface area (Å²) in [6.07, 6.45) is 57.8. The first-order chi connectivity index (χ1) is 46.7. The quantitative estimate of drug-likeness (QED) is 0.0169. The molecule has 17 nitrogen and oxygen atoms in total. The molecule has 0 aromatic carbocycles. The highest BCUT2D eigenvalue weighted by Gasteiger charge is 2.30. The summed E-state index contributed by atoms with van der Waals surface area (Å²) in [5, 5.41) is 10.6. The fourth-order valence-electron chi connectivity index (χ4n) is 11.4. The van der Waals surface area contributed by atoms with E-state index in [9.17, 15) is 43.2 Å². The van der Waals surface area contributed by atoms with Gasteiger partial charge in [0.05, 0.1) is 26.4 Å². The number of allylic oxidation sites excluding steroid dienone is 4. The SMILES string of the molecule is CCCCCC/C=C\C=C/CCCCCCCC(=O)OC[C@H](COP(=O)(O)OC[C@@H](O)COP(=O)(O)OC[C@@H](COC(=O)CCCCCCCCC(C)C)OC(=O)CCCCCCCCCCCCCCCC(C)C)OC(=O)CCCCCCCCCCCCCCCCC(C)C. The summed E-state index contributed by atoms with van der Waals surface area (Å²) >= 11 is 0. The lowest BCUT2D eigenvalue weighted by molar-refractivity contribution is -0.161. The predicted molar refractivity (Wildman–Crippen MR) is 395 cm³/mol. The minimum Gasteiger partial charge on any atom is -0.462 e. The van der Waals surface area contributed by atoms with Crippen molar-refractivity contribution in [2.75, 3.05) is 39.6 Å². The monoisotopic (exact) mass is 1420 g/mol. The predicted octanol–water partition coefficient (Wildman–Crippen LogP) is 22.5. The van der Waals surface area contributed by atoms with Crippen molar-refractivity contribution in [3.63, 3.8) is 0 Å². The van der Waals surface area contributed by atoms with Crippen LogP contribution in [0.2, 0.25) is 0 Å². The van der Waals surface area contributed by atoms with Crippen LogP contribution < -0.4 is 0 Å².